The number of cyclic esters (lactones) is 1. The second-order valence-electron chi connectivity index (χ2n) is 6.41. The number of ether oxygens (including phenoxy) is 2. The Morgan fingerprint density at radius 1 is 1.00 bits per heavy atom. The molecule has 3 aromatic carbocycles. The van der Waals surface area contributed by atoms with Crippen molar-refractivity contribution in [3.8, 4) is 5.75 Å². The van der Waals surface area contributed by atoms with Gasteiger partial charge in [-0.15, -0.1) is 0 Å². The largest absolute Gasteiger partial charge is 0.421 e. The minimum Gasteiger partial charge on any atom is -0.421 e. The van der Waals surface area contributed by atoms with Crippen molar-refractivity contribution >= 4 is 85.0 Å². The van der Waals surface area contributed by atoms with E-state index in [-0.39, 0.29) is 11.6 Å². The van der Waals surface area contributed by atoms with Gasteiger partial charge in [-0.2, -0.15) is 0 Å². The predicted octanol–water partition coefficient (Wildman–Crippen LogP) is 6.22. The van der Waals surface area contributed by atoms with E-state index in [9.17, 15) is 9.59 Å². The van der Waals surface area contributed by atoms with Gasteiger partial charge in [0.05, 0.1) is 12.7 Å². The highest BCUT2D eigenvalue weighted by atomic mass is 127. The zero-order chi connectivity index (χ0) is 22.0. The van der Waals surface area contributed by atoms with Crippen LogP contribution < -0.4 is 4.74 Å². The van der Waals surface area contributed by atoms with Gasteiger partial charge in [0.25, 0.3) is 0 Å². The van der Waals surface area contributed by atoms with E-state index < -0.39 is 11.9 Å². The number of aliphatic imine (C=N–C) groups is 1. The van der Waals surface area contributed by atoms with Gasteiger partial charge in [-0.1, -0.05) is 34.1 Å². The fraction of sp³-hybridized carbons (Fsp3) is 0. The fourth-order valence-corrected chi connectivity index (χ4v) is 5.07. The van der Waals surface area contributed by atoms with Crippen LogP contribution in [0.2, 0.25) is 0 Å². The number of hydrogen-bond acceptors (Lipinski definition) is 5. The molecule has 0 aromatic heterocycles. The first kappa shape index (κ1) is 22.2. The molecule has 1 aliphatic rings. The molecule has 0 unspecified atom stereocenters. The lowest BCUT2D eigenvalue weighted by molar-refractivity contribution is -0.129. The molecule has 0 atom stereocenters. The number of carbonyl (C=O) groups excluding carboxylic acids is 2. The third kappa shape index (κ3) is 5.24. The molecule has 8 heteroatoms. The van der Waals surface area contributed by atoms with Gasteiger partial charge in [0.15, 0.2) is 11.4 Å². The smallest absolute Gasteiger partial charge is 0.363 e. The molecule has 1 aliphatic heterocycles. The molecule has 0 saturated heterocycles. The van der Waals surface area contributed by atoms with Crippen LogP contribution >= 0.6 is 61.1 Å². The summed E-state index contributed by atoms with van der Waals surface area (Å²) in [6.45, 7) is 0. The van der Waals surface area contributed by atoms with E-state index in [1.165, 1.54) is 0 Å². The van der Waals surface area contributed by atoms with Gasteiger partial charge in [0, 0.05) is 10.0 Å². The molecular formula is C23H12BrI2NO4. The number of halogens is 3. The average molecular weight is 700 g/mol. The summed E-state index contributed by atoms with van der Waals surface area (Å²) in [6, 6.07) is 19.8. The number of hydrogen-bond donors (Lipinski definition) is 0. The molecule has 1 heterocycles. The van der Waals surface area contributed by atoms with Crippen molar-refractivity contribution in [3.05, 3.63) is 101 Å². The van der Waals surface area contributed by atoms with Crippen LogP contribution in [0.1, 0.15) is 21.5 Å². The molecule has 0 bridgehead atoms. The molecule has 4 rings (SSSR count). The van der Waals surface area contributed by atoms with E-state index in [0.717, 1.165) is 17.2 Å². The van der Waals surface area contributed by atoms with Crippen LogP contribution in [0.15, 0.2) is 81.9 Å². The van der Waals surface area contributed by atoms with Crippen molar-refractivity contribution < 1.29 is 19.1 Å². The van der Waals surface area contributed by atoms with Crippen LogP contribution in [0.4, 0.5) is 0 Å². The normalized spacial score (nSPS) is 14.4. The first-order valence-corrected chi connectivity index (χ1v) is 11.9. The fourth-order valence-electron chi connectivity index (χ4n) is 2.77. The predicted molar refractivity (Wildman–Crippen MR) is 138 cm³/mol. The molecule has 0 amide bonds. The quantitative estimate of drug-likeness (QED) is 0.140. The van der Waals surface area contributed by atoms with Gasteiger partial charge < -0.3 is 9.47 Å². The maximum atomic E-state index is 12.4. The summed E-state index contributed by atoms with van der Waals surface area (Å²) < 4.78 is 13.3. The third-order valence-electron chi connectivity index (χ3n) is 4.24. The third-order valence-corrected chi connectivity index (χ3v) is 6.37. The summed E-state index contributed by atoms with van der Waals surface area (Å²) in [4.78, 5) is 29.0. The molecule has 154 valence electrons. The lowest BCUT2D eigenvalue weighted by Gasteiger charge is -2.10. The standard InChI is InChI=1S/C23H12BrI2NO4/c24-16-8-6-14(7-9-16)21-27-19(23(29)31-21)12-13-10-17(25)20(18(26)11-13)30-22(28)15-4-2-1-3-5-15/h1-12H/b19-12-. The van der Waals surface area contributed by atoms with Gasteiger partial charge >= 0.3 is 11.9 Å². The molecule has 0 fully saturated rings. The van der Waals surface area contributed by atoms with Gasteiger partial charge in [-0.3, -0.25) is 0 Å². The van der Waals surface area contributed by atoms with E-state index in [2.05, 4.69) is 66.1 Å². The second kappa shape index (κ2) is 9.61. The summed E-state index contributed by atoms with van der Waals surface area (Å²) >= 11 is 7.59. The Labute approximate surface area is 214 Å². The Balaban J connectivity index is 1.59. The van der Waals surface area contributed by atoms with Gasteiger partial charge in [0.2, 0.25) is 5.90 Å². The van der Waals surface area contributed by atoms with E-state index in [0.29, 0.717) is 16.9 Å². The number of carbonyl (C=O) groups is 2. The Kier molecular flexibility index (Phi) is 6.87. The molecule has 3 aromatic rings. The first-order valence-electron chi connectivity index (χ1n) is 8.95. The maximum Gasteiger partial charge on any atom is 0.363 e. The summed E-state index contributed by atoms with van der Waals surface area (Å²) in [5.74, 6) is -0.194. The minimum absolute atomic E-state index is 0.207. The first-order chi connectivity index (χ1) is 14.9. The van der Waals surface area contributed by atoms with Crippen LogP contribution in [-0.2, 0) is 9.53 Å². The topological polar surface area (TPSA) is 65.0 Å². The number of esters is 2. The lowest BCUT2D eigenvalue weighted by atomic mass is 10.2. The maximum absolute atomic E-state index is 12.4. The van der Waals surface area contributed by atoms with Crippen LogP contribution in [0.3, 0.4) is 0 Å². The van der Waals surface area contributed by atoms with Gasteiger partial charge in [-0.25, -0.2) is 14.6 Å². The Morgan fingerprint density at radius 3 is 2.29 bits per heavy atom. The van der Waals surface area contributed by atoms with Crippen molar-refractivity contribution in [2.75, 3.05) is 0 Å². The summed E-state index contributed by atoms with van der Waals surface area (Å²) in [5.41, 5.74) is 2.15. The molecule has 5 nitrogen and oxygen atoms in total. The molecule has 0 spiro atoms. The highest BCUT2D eigenvalue weighted by Gasteiger charge is 2.24. The van der Waals surface area contributed by atoms with Crippen molar-refractivity contribution in [2.24, 2.45) is 4.99 Å². The van der Waals surface area contributed by atoms with Crippen molar-refractivity contribution in [1.82, 2.24) is 0 Å². The number of rotatable bonds is 4. The Bertz CT molecular complexity index is 1220. The molecule has 0 aliphatic carbocycles. The van der Waals surface area contributed by atoms with E-state index >= 15 is 0 Å². The zero-order valence-corrected chi connectivity index (χ0v) is 21.5. The Morgan fingerprint density at radius 2 is 1.65 bits per heavy atom. The highest BCUT2D eigenvalue weighted by Crippen LogP contribution is 2.31. The minimum atomic E-state index is -0.512. The van der Waals surface area contributed by atoms with Crippen molar-refractivity contribution in [1.29, 1.82) is 0 Å². The number of nitrogens with zero attached hydrogens (tertiary/aromatic N) is 1. The molecule has 0 radical (unpaired) electrons. The van der Waals surface area contributed by atoms with Gasteiger partial charge in [-0.05, 0) is 105 Å². The molecule has 31 heavy (non-hydrogen) atoms. The Hall–Kier alpha value is -2.05. The van der Waals surface area contributed by atoms with Crippen LogP contribution in [0, 0.1) is 7.14 Å². The average Bonchev–Trinajstić information content (AvgIpc) is 3.12. The van der Waals surface area contributed by atoms with E-state index in [1.807, 2.05) is 42.5 Å². The van der Waals surface area contributed by atoms with Crippen molar-refractivity contribution in [3.63, 3.8) is 0 Å². The van der Waals surface area contributed by atoms with E-state index in [1.54, 1.807) is 30.3 Å². The van der Waals surface area contributed by atoms with Crippen LogP contribution in [0.5, 0.6) is 5.75 Å². The zero-order valence-electron chi connectivity index (χ0n) is 15.6. The molecule has 0 saturated carbocycles. The second-order valence-corrected chi connectivity index (χ2v) is 9.65. The van der Waals surface area contributed by atoms with Crippen molar-refractivity contribution in [2.45, 2.75) is 0 Å². The molecular weight excluding hydrogens is 688 g/mol. The van der Waals surface area contributed by atoms with Crippen LogP contribution in [0.25, 0.3) is 6.08 Å². The highest BCUT2D eigenvalue weighted by molar-refractivity contribution is 14.1. The van der Waals surface area contributed by atoms with Gasteiger partial charge in [0.1, 0.15) is 0 Å². The molecule has 0 N–H and O–H groups in total. The van der Waals surface area contributed by atoms with Crippen LogP contribution in [-0.4, -0.2) is 17.8 Å². The monoisotopic (exact) mass is 699 g/mol. The number of benzene rings is 3. The summed E-state index contributed by atoms with van der Waals surface area (Å²) in [7, 11) is 0. The lowest BCUT2D eigenvalue weighted by Crippen LogP contribution is -2.10. The SMILES string of the molecule is O=C1OC(c2ccc(Br)cc2)=N/C1=C\c1cc(I)c(OC(=O)c2ccccc2)c(I)c1. The summed E-state index contributed by atoms with van der Waals surface area (Å²) in [6.07, 6.45) is 1.65. The summed E-state index contributed by atoms with van der Waals surface area (Å²) in [5, 5.41) is 0. The van der Waals surface area contributed by atoms with E-state index in [4.69, 9.17) is 9.47 Å².